The molecule has 2 aromatic rings. The minimum absolute atomic E-state index is 0.0349. The summed E-state index contributed by atoms with van der Waals surface area (Å²) in [5.41, 5.74) is 2.39. The Balaban J connectivity index is 1.96. The van der Waals surface area contributed by atoms with Crippen LogP contribution < -0.4 is 19.1 Å². The van der Waals surface area contributed by atoms with Crippen molar-refractivity contribution in [1.82, 2.24) is 0 Å². The van der Waals surface area contributed by atoms with Crippen LogP contribution >= 0.6 is 11.6 Å². The van der Waals surface area contributed by atoms with Crippen LogP contribution in [-0.4, -0.2) is 33.0 Å². The number of allylic oxidation sites excluding steroid dienone is 2. The lowest BCUT2D eigenvalue weighted by molar-refractivity contribution is -0.121. The van der Waals surface area contributed by atoms with Gasteiger partial charge in [0.1, 0.15) is 5.75 Å². The number of Topliss-reactive ketones (excluding diaryl/α,β-unsaturated/α-hetero) is 1. The number of para-hydroxylation sites is 1. The Morgan fingerprint density at radius 1 is 0.939 bits per heavy atom. The van der Waals surface area contributed by atoms with Gasteiger partial charge in [-0.15, -0.1) is 0 Å². The van der Waals surface area contributed by atoms with Gasteiger partial charge in [-0.05, 0) is 30.0 Å². The second-order valence-corrected chi connectivity index (χ2v) is 9.59. The van der Waals surface area contributed by atoms with Crippen molar-refractivity contribution in [3.63, 3.8) is 0 Å². The third-order valence-electron chi connectivity index (χ3n) is 6.35. The van der Waals surface area contributed by atoms with Gasteiger partial charge in [0.25, 0.3) is 0 Å². The molecule has 2 aromatic carbocycles. The number of carbonyl (C=O) groups excluding carboxylic acids is 2. The Morgan fingerprint density at radius 3 is 2.21 bits per heavy atom. The number of hydrogen-bond donors (Lipinski definition) is 0. The molecule has 6 nitrogen and oxygen atoms in total. The van der Waals surface area contributed by atoms with Gasteiger partial charge >= 0.3 is 0 Å². The molecule has 0 N–H and O–H groups in total. The Hall–Kier alpha value is -2.99. The van der Waals surface area contributed by atoms with Crippen LogP contribution in [0.2, 0.25) is 5.02 Å². The maximum Gasteiger partial charge on any atom is 0.232 e. The van der Waals surface area contributed by atoms with Crippen LogP contribution in [0.1, 0.15) is 44.6 Å². The molecule has 0 spiro atoms. The Morgan fingerprint density at radius 2 is 1.58 bits per heavy atom. The van der Waals surface area contributed by atoms with Gasteiger partial charge in [-0.3, -0.25) is 14.5 Å². The summed E-state index contributed by atoms with van der Waals surface area (Å²) < 4.78 is 16.6. The van der Waals surface area contributed by atoms with E-state index in [0.717, 1.165) is 5.56 Å². The van der Waals surface area contributed by atoms with Gasteiger partial charge in [0.15, 0.2) is 17.3 Å². The van der Waals surface area contributed by atoms with Crippen molar-refractivity contribution in [2.75, 3.05) is 26.2 Å². The molecule has 1 aliphatic heterocycles. The summed E-state index contributed by atoms with van der Waals surface area (Å²) in [6.45, 7) is 4.09. The molecular formula is C26H28ClNO5. The predicted octanol–water partition coefficient (Wildman–Crippen LogP) is 5.53. The van der Waals surface area contributed by atoms with Crippen molar-refractivity contribution in [3.8, 4) is 17.2 Å². The van der Waals surface area contributed by atoms with Crippen LogP contribution in [0.5, 0.6) is 17.2 Å². The highest BCUT2D eigenvalue weighted by Gasteiger charge is 2.45. The van der Waals surface area contributed by atoms with E-state index in [1.165, 1.54) is 0 Å². The molecule has 4 rings (SSSR count). The molecule has 2 aliphatic rings. The summed E-state index contributed by atoms with van der Waals surface area (Å²) in [4.78, 5) is 28.8. The number of carbonyl (C=O) groups is 2. The first-order chi connectivity index (χ1) is 15.7. The van der Waals surface area contributed by atoms with Crippen LogP contribution in [0.25, 0.3) is 0 Å². The van der Waals surface area contributed by atoms with Crippen molar-refractivity contribution < 1.29 is 23.8 Å². The molecule has 1 heterocycles. The zero-order chi connectivity index (χ0) is 23.9. The van der Waals surface area contributed by atoms with Gasteiger partial charge in [-0.2, -0.15) is 0 Å². The molecular weight excluding hydrogens is 442 g/mol. The van der Waals surface area contributed by atoms with Gasteiger partial charge in [0.2, 0.25) is 5.91 Å². The minimum atomic E-state index is -0.454. The number of ketones is 1. The molecule has 1 aliphatic carbocycles. The molecule has 33 heavy (non-hydrogen) atoms. The number of benzene rings is 2. The Bertz CT molecular complexity index is 1150. The van der Waals surface area contributed by atoms with Crippen molar-refractivity contribution in [2.24, 2.45) is 5.41 Å². The second kappa shape index (κ2) is 8.75. The van der Waals surface area contributed by atoms with Gasteiger partial charge in [-0.25, -0.2) is 0 Å². The first-order valence-electron chi connectivity index (χ1n) is 10.8. The fraction of sp³-hybridized carbons (Fsp3) is 0.385. The summed E-state index contributed by atoms with van der Waals surface area (Å²) in [7, 11) is 4.67. The normalized spacial score (nSPS) is 19.9. The number of hydrogen-bond acceptors (Lipinski definition) is 5. The SMILES string of the molecule is COc1cc(OC)c([C@@H]2CC(=O)N(c3ccccc3Cl)C3=C2C(=O)CC(C)(C)C3)cc1OC. The van der Waals surface area contributed by atoms with E-state index in [4.69, 9.17) is 25.8 Å². The van der Waals surface area contributed by atoms with Crippen molar-refractivity contribution >= 4 is 29.0 Å². The summed E-state index contributed by atoms with van der Waals surface area (Å²) in [5.74, 6) is 1.04. The number of rotatable bonds is 5. The molecule has 0 unspecified atom stereocenters. The van der Waals surface area contributed by atoms with Gasteiger partial charge in [-0.1, -0.05) is 37.6 Å². The van der Waals surface area contributed by atoms with E-state index in [2.05, 4.69) is 0 Å². The minimum Gasteiger partial charge on any atom is -0.496 e. The molecule has 1 atom stereocenters. The molecule has 174 valence electrons. The Labute approximate surface area is 199 Å². The number of anilines is 1. The highest BCUT2D eigenvalue weighted by atomic mass is 35.5. The number of nitrogens with zero attached hydrogens (tertiary/aromatic N) is 1. The van der Waals surface area contributed by atoms with E-state index in [-0.39, 0.29) is 23.5 Å². The Kier molecular flexibility index (Phi) is 6.14. The number of ether oxygens (including phenoxy) is 3. The third-order valence-corrected chi connectivity index (χ3v) is 6.67. The van der Waals surface area contributed by atoms with Gasteiger partial charge < -0.3 is 14.2 Å². The lowest BCUT2D eigenvalue weighted by atomic mass is 9.69. The molecule has 0 saturated heterocycles. The van der Waals surface area contributed by atoms with E-state index in [1.54, 1.807) is 44.4 Å². The van der Waals surface area contributed by atoms with Crippen LogP contribution in [0.15, 0.2) is 47.7 Å². The lowest BCUT2D eigenvalue weighted by Gasteiger charge is -2.43. The lowest BCUT2D eigenvalue weighted by Crippen LogP contribution is -2.43. The van der Waals surface area contributed by atoms with Gasteiger partial charge in [0, 0.05) is 41.7 Å². The number of halogens is 1. The fourth-order valence-electron chi connectivity index (χ4n) is 4.92. The van der Waals surface area contributed by atoms with E-state index >= 15 is 0 Å². The summed E-state index contributed by atoms with van der Waals surface area (Å²) >= 11 is 6.48. The third kappa shape index (κ3) is 4.08. The van der Waals surface area contributed by atoms with Crippen molar-refractivity contribution in [3.05, 3.63) is 58.3 Å². The monoisotopic (exact) mass is 469 g/mol. The van der Waals surface area contributed by atoms with Crippen molar-refractivity contribution in [2.45, 2.75) is 39.0 Å². The van der Waals surface area contributed by atoms with Gasteiger partial charge in [0.05, 0.1) is 32.0 Å². The maximum atomic E-state index is 13.6. The average molecular weight is 470 g/mol. The molecule has 1 amide bonds. The molecule has 0 saturated carbocycles. The van der Waals surface area contributed by atoms with Crippen LogP contribution in [0.3, 0.4) is 0 Å². The van der Waals surface area contributed by atoms with Crippen molar-refractivity contribution in [1.29, 1.82) is 0 Å². The summed E-state index contributed by atoms with van der Waals surface area (Å²) in [6.07, 6.45) is 1.10. The summed E-state index contributed by atoms with van der Waals surface area (Å²) in [6, 6.07) is 10.8. The fourth-order valence-corrected chi connectivity index (χ4v) is 5.14. The smallest absolute Gasteiger partial charge is 0.232 e. The first kappa shape index (κ1) is 23.2. The van der Waals surface area contributed by atoms with E-state index in [9.17, 15) is 9.59 Å². The molecule has 0 fully saturated rings. The number of methoxy groups -OCH3 is 3. The standard InChI is InChI=1S/C26H28ClNO5/c1-26(2)13-19-25(20(29)14-26)16(11-24(30)28(19)18-9-7-6-8-17(18)27)15-10-22(32-4)23(33-5)12-21(15)31-3/h6-10,12,16H,11,13-14H2,1-5H3/t16-/m0/s1. The highest BCUT2D eigenvalue weighted by molar-refractivity contribution is 6.34. The van der Waals surface area contributed by atoms with E-state index in [0.29, 0.717) is 52.1 Å². The maximum absolute atomic E-state index is 13.6. The zero-order valence-electron chi connectivity index (χ0n) is 19.5. The zero-order valence-corrected chi connectivity index (χ0v) is 20.3. The molecule has 0 radical (unpaired) electrons. The first-order valence-corrected chi connectivity index (χ1v) is 11.2. The van der Waals surface area contributed by atoms with Crippen LogP contribution in [-0.2, 0) is 9.59 Å². The quantitative estimate of drug-likeness (QED) is 0.576. The summed E-state index contributed by atoms with van der Waals surface area (Å²) in [5, 5.41) is 0.468. The van der Waals surface area contributed by atoms with E-state index < -0.39 is 5.92 Å². The largest absolute Gasteiger partial charge is 0.496 e. The van der Waals surface area contributed by atoms with E-state index in [1.807, 2.05) is 32.0 Å². The molecule has 0 aromatic heterocycles. The number of amides is 1. The molecule has 0 bridgehead atoms. The molecule has 7 heteroatoms. The average Bonchev–Trinajstić information content (AvgIpc) is 2.77. The van der Waals surface area contributed by atoms with Crippen LogP contribution in [0, 0.1) is 5.41 Å². The highest BCUT2D eigenvalue weighted by Crippen LogP contribution is 2.51. The predicted molar refractivity (Wildman–Crippen MR) is 127 cm³/mol. The topological polar surface area (TPSA) is 65.1 Å². The van der Waals surface area contributed by atoms with Crippen LogP contribution in [0.4, 0.5) is 5.69 Å². The second-order valence-electron chi connectivity index (χ2n) is 9.19.